The summed E-state index contributed by atoms with van der Waals surface area (Å²) < 4.78 is 0. The molecule has 3 fully saturated rings. The van der Waals surface area contributed by atoms with Gasteiger partial charge in [-0.25, -0.2) is 0 Å². The molecule has 12 heteroatoms. The number of nitro benzene ring substituents is 2. The van der Waals surface area contributed by atoms with E-state index in [1.807, 2.05) is 9.80 Å². The van der Waals surface area contributed by atoms with Crippen LogP contribution in [0.1, 0.15) is 44.9 Å². The molecule has 2 aromatic rings. The molecule has 0 radical (unpaired) electrons. The molecule has 5 rings (SSSR count). The Morgan fingerprint density at radius 2 is 0.952 bits per heavy atom. The molecule has 1 saturated carbocycles. The van der Waals surface area contributed by atoms with E-state index in [2.05, 4.69) is 9.80 Å². The first-order valence-corrected chi connectivity index (χ1v) is 14.8. The molecule has 0 N–H and O–H groups in total. The molecule has 2 saturated heterocycles. The van der Waals surface area contributed by atoms with E-state index in [4.69, 9.17) is 0 Å². The third-order valence-corrected chi connectivity index (χ3v) is 9.08. The monoisotopic (exact) mass is 578 g/mol. The maximum atomic E-state index is 13.5. The van der Waals surface area contributed by atoms with E-state index < -0.39 is 9.85 Å². The van der Waals surface area contributed by atoms with E-state index in [1.165, 1.54) is 24.3 Å². The van der Waals surface area contributed by atoms with Crippen LogP contribution in [0.4, 0.5) is 22.7 Å². The van der Waals surface area contributed by atoms with Gasteiger partial charge in [-0.05, 0) is 42.5 Å². The van der Waals surface area contributed by atoms with Crippen LogP contribution >= 0.6 is 0 Å². The van der Waals surface area contributed by atoms with Crippen LogP contribution in [-0.4, -0.2) is 83.8 Å². The molecule has 0 bridgehead atoms. The number of piperazine rings is 2. The maximum Gasteiger partial charge on any atom is 0.269 e. The largest absolute Gasteiger partial charge is 0.368 e. The molecule has 12 nitrogen and oxygen atoms in total. The first kappa shape index (κ1) is 29.3. The van der Waals surface area contributed by atoms with Gasteiger partial charge in [0.25, 0.3) is 11.4 Å². The molecule has 0 aromatic heterocycles. The van der Waals surface area contributed by atoms with Crippen LogP contribution in [-0.2, 0) is 9.59 Å². The quantitative estimate of drug-likeness (QED) is 0.336. The first-order chi connectivity index (χ1) is 20.2. The number of rotatable bonds is 8. The lowest BCUT2D eigenvalue weighted by Crippen LogP contribution is -2.51. The van der Waals surface area contributed by atoms with Gasteiger partial charge in [-0.15, -0.1) is 0 Å². The van der Waals surface area contributed by atoms with E-state index in [0.717, 1.165) is 43.5 Å². The zero-order valence-electron chi connectivity index (χ0n) is 23.9. The minimum absolute atomic E-state index is 0.0614. The van der Waals surface area contributed by atoms with E-state index in [9.17, 15) is 29.8 Å². The molecule has 42 heavy (non-hydrogen) atoms. The number of hydrogen-bond donors (Lipinski definition) is 0. The van der Waals surface area contributed by atoms with Gasteiger partial charge in [0.2, 0.25) is 11.8 Å². The lowest BCUT2D eigenvalue weighted by Gasteiger charge is -2.42. The Morgan fingerprint density at radius 1 is 0.595 bits per heavy atom. The number of carbonyl (C=O) groups excluding carboxylic acids is 2. The fourth-order valence-electron chi connectivity index (χ4n) is 6.58. The number of amides is 2. The number of hydrogen-bond acceptors (Lipinski definition) is 8. The number of nitro groups is 2. The summed E-state index contributed by atoms with van der Waals surface area (Å²) in [4.78, 5) is 56.2. The Balaban J connectivity index is 1.14. The van der Waals surface area contributed by atoms with Gasteiger partial charge in [-0.3, -0.25) is 29.8 Å². The fourth-order valence-corrected chi connectivity index (χ4v) is 6.58. The summed E-state index contributed by atoms with van der Waals surface area (Å²) in [5.74, 6) is 0.215. The first-order valence-electron chi connectivity index (χ1n) is 14.8. The van der Waals surface area contributed by atoms with Crippen LogP contribution in [0.15, 0.2) is 48.5 Å². The summed E-state index contributed by atoms with van der Waals surface area (Å²) in [7, 11) is 0. The highest BCUT2D eigenvalue weighted by Gasteiger charge is 2.39. The van der Waals surface area contributed by atoms with Crippen LogP contribution in [0.2, 0.25) is 0 Å². The predicted octanol–water partition coefficient (Wildman–Crippen LogP) is 4.23. The SMILES string of the molecule is O=C(CC1(CC(=O)N2CCN(c3ccc([N+](=O)[O-])cc3)CC2)CCCCC1)N1CCN(c2ccc([N+](=O)[O-])cc2)CC1. The fraction of sp³-hybridized carbons (Fsp3) is 0.533. The third-order valence-electron chi connectivity index (χ3n) is 9.08. The molecule has 2 heterocycles. The Hall–Kier alpha value is -4.22. The molecule has 2 aliphatic heterocycles. The average molecular weight is 579 g/mol. The van der Waals surface area contributed by atoms with E-state index >= 15 is 0 Å². The molecular formula is C30H38N6O6. The number of anilines is 2. The minimum atomic E-state index is -0.409. The molecule has 2 amide bonds. The standard InChI is InChI=1S/C30H38N6O6/c37-28(33-18-14-31(15-19-33)24-4-8-26(9-5-24)35(39)40)22-30(12-2-1-3-13-30)23-29(38)34-20-16-32(17-21-34)25-6-10-27(11-7-25)36(41)42/h4-11H,1-3,12-23H2. The molecule has 3 aliphatic rings. The zero-order valence-corrected chi connectivity index (χ0v) is 23.9. The van der Waals surface area contributed by atoms with Gasteiger partial charge in [0, 0.05) is 101 Å². The van der Waals surface area contributed by atoms with Crippen molar-refractivity contribution in [2.24, 2.45) is 5.41 Å². The highest BCUT2D eigenvalue weighted by Crippen LogP contribution is 2.43. The summed E-state index contributed by atoms with van der Waals surface area (Å²) in [6.07, 6.45) is 5.74. The number of carbonyl (C=O) groups is 2. The van der Waals surface area contributed by atoms with Gasteiger partial charge in [-0.1, -0.05) is 19.3 Å². The van der Waals surface area contributed by atoms with Crippen molar-refractivity contribution in [2.45, 2.75) is 44.9 Å². The van der Waals surface area contributed by atoms with Crippen LogP contribution < -0.4 is 9.80 Å². The normalized spacial score (nSPS) is 19.0. The Morgan fingerprint density at radius 3 is 1.29 bits per heavy atom. The molecule has 0 unspecified atom stereocenters. The van der Waals surface area contributed by atoms with E-state index in [1.54, 1.807) is 24.3 Å². The van der Waals surface area contributed by atoms with Crippen LogP contribution in [0.5, 0.6) is 0 Å². The second-order valence-electron chi connectivity index (χ2n) is 11.7. The van der Waals surface area contributed by atoms with Crippen molar-refractivity contribution in [3.8, 4) is 0 Å². The van der Waals surface area contributed by atoms with Crippen molar-refractivity contribution in [3.05, 3.63) is 68.8 Å². The number of benzene rings is 2. The van der Waals surface area contributed by atoms with Crippen LogP contribution in [0.3, 0.4) is 0 Å². The van der Waals surface area contributed by atoms with Crippen molar-refractivity contribution in [3.63, 3.8) is 0 Å². The summed E-state index contributed by atoms with van der Waals surface area (Å²) in [5.41, 5.74) is 1.64. The summed E-state index contributed by atoms with van der Waals surface area (Å²) >= 11 is 0. The minimum Gasteiger partial charge on any atom is -0.368 e. The van der Waals surface area contributed by atoms with Crippen molar-refractivity contribution in [2.75, 3.05) is 62.2 Å². The number of non-ortho nitro benzene ring substituents is 2. The predicted molar refractivity (Wildman–Crippen MR) is 159 cm³/mol. The van der Waals surface area contributed by atoms with Crippen LogP contribution in [0.25, 0.3) is 0 Å². The molecule has 0 atom stereocenters. The van der Waals surface area contributed by atoms with E-state index in [0.29, 0.717) is 65.2 Å². The smallest absolute Gasteiger partial charge is 0.269 e. The molecule has 224 valence electrons. The molecule has 2 aromatic carbocycles. The van der Waals surface area contributed by atoms with Gasteiger partial charge in [0.1, 0.15) is 0 Å². The van der Waals surface area contributed by atoms with Gasteiger partial charge < -0.3 is 19.6 Å². The second kappa shape index (κ2) is 12.7. The van der Waals surface area contributed by atoms with Crippen molar-refractivity contribution >= 4 is 34.6 Å². The maximum absolute atomic E-state index is 13.5. The van der Waals surface area contributed by atoms with Gasteiger partial charge in [0.15, 0.2) is 0 Å². The molecule has 1 aliphatic carbocycles. The Bertz CT molecular complexity index is 1180. The lowest BCUT2D eigenvalue weighted by atomic mass is 9.69. The Kier molecular flexibility index (Phi) is 8.89. The van der Waals surface area contributed by atoms with Crippen molar-refractivity contribution in [1.29, 1.82) is 0 Å². The van der Waals surface area contributed by atoms with Crippen molar-refractivity contribution < 1.29 is 19.4 Å². The summed E-state index contributed by atoms with van der Waals surface area (Å²) in [5, 5.41) is 21.9. The summed E-state index contributed by atoms with van der Waals surface area (Å²) in [6.45, 7) is 5.00. The van der Waals surface area contributed by atoms with E-state index in [-0.39, 0.29) is 28.6 Å². The van der Waals surface area contributed by atoms with Gasteiger partial charge in [-0.2, -0.15) is 0 Å². The highest BCUT2D eigenvalue weighted by molar-refractivity contribution is 5.81. The Labute approximate surface area is 245 Å². The van der Waals surface area contributed by atoms with Gasteiger partial charge >= 0.3 is 0 Å². The number of nitrogens with zero attached hydrogens (tertiary/aromatic N) is 6. The van der Waals surface area contributed by atoms with Crippen LogP contribution in [0, 0.1) is 25.6 Å². The average Bonchev–Trinajstić information content (AvgIpc) is 3.01. The highest BCUT2D eigenvalue weighted by atomic mass is 16.6. The lowest BCUT2D eigenvalue weighted by molar-refractivity contribution is -0.385. The van der Waals surface area contributed by atoms with Crippen molar-refractivity contribution in [1.82, 2.24) is 9.80 Å². The molecular weight excluding hydrogens is 540 g/mol. The third kappa shape index (κ3) is 6.80. The molecule has 0 spiro atoms. The topological polar surface area (TPSA) is 133 Å². The summed E-state index contributed by atoms with van der Waals surface area (Å²) in [6, 6.07) is 13.0. The zero-order chi connectivity index (χ0) is 29.7. The van der Waals surface area contributed by atoms with Gasteiger partial charge in [0.05, 0.1) is 9.85 Å². The second-order valence-corrected chi connectivity index (χ2v) is 11.7.